The van der Waals surface area contributed by atoms with E-state index in [0.717, 1.165) is 29.4 Å². The molecule has 0 fully saturated rings. The van der Waals surface area contributed by atoms with E-state index in [1.165, 1.54) is 0 Å². The summed E-state index contributed by atoms with van der Waals surface area (Å²) >= 11 is 0. The predicted molar refractivity (Wildman–Crippen MR) is 78.6 cm³/mol. The molecular formula is C15H19N3O2. The molecule has 0 spiro atoms. The van der Waals surface area contributed by atoms with Crippen molar-refractivity contribution in [1.82, 2.24) is 9.97 Å². The first-order valence-corrected chi connectivity index (χ1v) is 6.44. The molecule has 106 valence electrons. The summed E-state index contributed by atoms with van der Waals surface area (Å²) in [5.41, 5.74) is 0.964. The van der Waals surface area contributed by atoms with Crippen LogP contribution in [0.1, 0.15) is 5.69 Å². The molecule has 0 unspecified atom stereocenters. The highest BCUT2D eigenvalue weighted by Crippen LogP contribution is 2.19. The van der Waals surface area contributed by atoms with Gasteiger partial charge >= 0.3 is 0 Å². The van der Waals surface area contributed by atoms with Crippen molar-refractivity contribution in [2.45, 2.75) is 6.42 Å². The fraction of sp³-hybridized carbons (Fsp3) is 0.333. The molecule has 0 saturated carbocycles. The minimum Gasteiger partial charge on any atom is -0.497 e. The SMILES string of the molecule is COc1cccc(OCCc2cc(N(C)C)ncn2)c1. The molecule has 5 heteroatoms. The largest absolute Gasteiger partial charge is 0.497 e. The van der Waals surface area contributed by atoms with Crippen LogP contribution in [0, 0.1) is 0 Å². The molecule has 0 amide bonds. The summed E-state index contributed by atoms with van der Waals surface area (Å²) in [6.45, 7) is 0.567. The number of methoxy groups -OCH3 is 1. The van der Waals surface area contributed by atoms with E-state index in [0.29, 0.717) is 6.61 Å². The van der Waals surface area contributed by atoms with Crippen molar-refractivity contribution in [2.75, 3.05) is 32.7 Å². The summed E-state index contributed by atoms with van der Waals surface area (Å²) in [7, 11) is 5.56. The Balaban J connectivity index is 1.90. The van der Waals surface area contributed by atoms with Crippen molar-refractivity contribution < 1.29 is 9.47 Å². The molecule has 20 heavy (non-hydrogen) atoms. The monoisotopic (exact) mass is 273 g/mol. The third kappa shape index (κ3) is 3.85. The first-order valence-electron chi connectivity index (χ1n) is 6.44. The highest BCUT2D eigenvalue weighted by molar-refractivity contribution is 5.36. The predicted octanol–water partition coefficient (Wildman–Crippen LogP) is 2.17. The van der Waals surface area contributed by atoms with Gasteiger partial charge < -0.3 is 14.4 Å². The molecule has 0 aliphatic rings. The number of ether oxygens (including phenoxy) is 2. The number of hydrogen-bond acceptors (Lipinski definition) is 5. The zero-order chi connectivity index (χ0) is 14.4. The van der Waals surface area contributed by atoms with Gasteiger partial charge in [-0.15, -0.1) is 0 Å². The van der Waals surface area contributed by atoms with Gasteiger partial charge in [0.2, 0.25) is 0 Å². The van der Waals surface area contributed by atoms with Crippen molar-refractivity contribution >= 4 is 5.82 Å². The second kappa shape index (κ2) is 6.75. The van der Waals surface area contributed by atoms with Crippen molar-refractivity contribution in [2.24, 2.45) is 0 Å². The van der Waals surface area contributed by atoms with Crippen molar-refractivity contribution in [1.29, 1.82) is 0 Å². The number of aromatic nitrogens is 2. The first kappa shape index (κ1) is 14.1. The van der Waals surface area contributed by atoms with E-state index in [1.54, 1.807) is 13.4 Å². The molecule has 0 aliphatic heterocycles. The van der Waals surface area contributed by atoms with Gasteiger partial charge in [-0.1, -0.05) is 6.07 Å². The van der Waals surface area contributed by atoms with E-state index in [1.807, 2.05) is 49.3 Å². The minimum absolute atomic E-state index is 0.567. The maximum absolute atomic E-state index is 5.70. The highest BCUT2D eigenvalue weighted by Gasteiger charge is 2.02. The van der Waals surface area contributed by atoms with Crippen LogP contribution < -0.4 is 14.4 Å². The summed E-state index contributed by atoms with van der Waals surface area (Å²) in [6, 6.07) is 9.54. The van der Waals surface area contributed by atoms with Crippen LogP contribution in [0.4, 0.5) is 5.82 Å². The lowest BCUT2D eigenvalue weighted by Gasteiger charge is -2.12. The van der Waals surface area contributed by atoms with E-state index in [4.69, 9.17) is 9.47 Å². The Morgan fingerprint density at radius 1 is 1.10 bits per heavy atom. The molecule has 0 radical (unpaired) electrons. The lowest BCUT2D eigenvalue weighted by atomic mass is 10.3. The molecule has 0 saturated heterocycles. The summed E-state index contributed by atoms with van der Waals surface area (Å²) in [6.07, 6.45) is 2.32. The summed E-state index contributed by atoms with van der Waals surface area (Å²) in [4.78, 5) is 10.4. The average molecular weight is 273 g/mol. The number of hydrogen-bond donors (Lipinski definition) is 0. The third-order valence-electron chi connectivity index (χ3n) is 2.84. The summed E-state index contributed by atoms with van der Waals surface area (Å²) in [5, 5.41) is 0. The van der Waals surface area contributed by atoms with Gasteiger partial charge in [0.1, 0.15) is 23.6 Å². The van der Waals surface area contributed by atoms with Crippen LogP contribution in [-0.2, 0) is 6.42 Å². The highest BCUT2D eigenvalue weighted by atomic mass is 16.5. The first-order chi connectivity index (χ1) is 9.69. The Bertz CT molecular complexity index is 558. The Kier molecular flexibility index (Phi) is 4.76. The van der Waals surface area contributed by atoms with Crippen molar-refractivity contribution in [3.8, 4) is 11.5 Å². The van der Waals surface area contributed by atoms with Gasteiger partial charge in [-0.2, -0.15) is 0 Å². The minimum atomic E-state index is 0.567. The smallest absolute Gasteiger partial charge is 0.131 e. The normalized spacial score (nSPS) is 10.2. The van der Waals surface area contributed by atoms with Crippen LogP contribution in [0.15, 0.2) is 36.7 Å². The van der Waals surface area contributed by atoms with Crippen molar-refractivity contribution in [3.05, 3.63) is 42.4 Å². The summed E-state index contributed by atoms with van der Waals surface area (Å²) < 4.78 is 10.9. The fourth-order valence-electron chi connectivity index (χ4n) is 1.73. The van der Waals surface area contributed by atoms with E-state index in [9.17, 15) is 0 Å². The maximum atomic E-state index is 5.70. The van der Waals surface area contributed by atoms with Gasteiger partial charge in [0.25, 0.3) is 0 Å². The third-order valence-corrected chi connectivity index (χ3v) is 2.84. The standard InChI is InChI=1S/C15H19N3O2/c1-18(2)15-9-12(16-11-17-15)7-8-20-14-6-4-5-13(10-14)19-3/h4-6,9-11H,7-8H2,1-3H3. The van der Waals surface area contributed by atoms with E-state index >= 15 is 0 Å². The second-order valence-corrected chi connectivity index (χ2v) is 4.54. The van der Waals surface area contributed by atoms with Gasteiger partial charge in [0.15, 0.2) is 0 Å². The number of rotatable bonds is 6. The molecular weight excluding hydrogens is 254 g/mol. The number of benzene rings is 1. The molecule has 0 aliphatic carbocycles. The lowest BCUT2D eigenvalue weighted by molar-refractivity contribution is 0.317. The van der Waals surface area contributed by atoms with Gasteiger partial charge in [0, 0.05) is 38.3 Å². The Morgan fingerprint density at radius 2 is 1.90 bits per heavy atom. The van der Waals surface area contributed by atoms with E-state index < -0.39 is 0 Å². The van der Waals surface area contributed by atoms with E-state index in [2.05, 4.69) is 9.97 Å². The fourth-order valence-corrected chi connectivity index (χ4v) is 1.73. The zero-order valence-corrected chi connectivity index (χ0v) is 12.0. The molecule has 1 aromatic heterocycles. The Hall–Kier alpha value is -2.30. The molecule has 0 bridgehead atoms. The zero-order valence-electron chi connectivity index (χ0n) is 12.0. The van der Waals surface area contributed by atoms with E-state index in [-0.39, 0.29) is 0 Å². The molecule has 5 nitrogen and oxygen atoms in total. The lowest BCUT2D eigenvalue weighted by Crippen LogP contribution is -2.12. The van der Waals surface area contributed by atoms with Gasteiger partial charge in [-0.25, -0.2) is 9.97 Å². The van der Waals surface area contributed by atoms with Crippen LogP contribution >= 0.6 is 0 Å². The average Bonchev–Trinajstić information content (AvgIpc) is 2.48. The van der Waals surface area contributed by atoms with Crippen LogP contribution in [0.2, 0.25) is 0 Å². The molecule has 2 aromatic rings. The summed E-state index contributed by atoms with van der Waals surface area (Å²) in [5.74, 6) is 2.49. The van der Waals surface area contributed by atoms with Crippen LogP contribution in [0.25, 0.3) is 0 Å². The maximum Gasteiger partial charge on any atom is 0.131 e. The molecule has 2 rings (SSSR count). The van der Waals surface area contributed by atoms with Crippen LogP contribution in [0.3, 0.4) is 0 Å². The molecule has 0 atom stereocenters. The molecule has 1 aromatic carbocycles. The van der Waals surface area contributed by atoms with Crippen LogP contribution in [-0.4, -0.2) is 37.8 Å². The van der Waals surface area contributed by atoms with Gasteiger partial charge in [-0.05, 0) is 12.1 Å². The Labute approximate surface area is 119 Å². The number of nitrogens with zero attached hydrogens (tertiary/aromatic N) is 3. The van der Waals surface area contributed by atoms with Crippen molar-refractivity contribution in [3.63, 3.8) is 0 Å². The quantitative estimate of drug-likeness (QED) is 0.807. The molecule has 1 heterocycles. The topological polar surface area (TPSA) is 47.5 Å². The van der Waals surface area contributed by atoms with Gasteiger partial charge in [0.05, 0.1) is 13.7 Å². The number of anilines is 1. The molecule has 0 N–H and O–H groups in total. The Morgan fingerprint density at radius 3 is 2.65 bits per heavy atom. The van der Waals surface area contributed by atoms with Gasteiger partial charge in [-0.3, -0.25) is 0 Å². The second-order valence-electron chi connectivity index (χ2n) is 4.54. The van der Waals surface area contributed by atoms with Crippen LogP contribution in [0.5, 0.6) is 11.5 Å².